The number of hydrogen-bond acceptors (Lipinski definition) is 7. The van der Waals surface area contributed by atoms with Gasteiger partial charge in [0, 0.05) is 5.56 Å². The second-order valence-electron chi connectivity index (χ2n) is 4.31. The van der Waals surface area contributed by atoms with Crippen LogP contribution in [-0.4, -0.2) is 40.5 Å². The van der Waals surface area contributed by atoms with Crippen LogP contribution in [0.2, 0.25) is 0 Å². The highest BCUT2D eigenvalue weighted by atomic mass is 16.6. The average Bonchev–Trinajstić information content (AvgIpc) is 2.44. The largest absolute Gasteiger partial charge is 0.433 e. The number of hydrogen-bond donors (Lipinski definition) is 2. The number of aliphatic hydroxyl groups excluding tert-OH is 2. The molecule has 0 amide bonds. The number of ether oxygens (including phenoxy) is 2. The molecule has 2 unspecified atom stereocenters. The van der Waals surface area contributed by atoms with Crippen molar-refractivity contribution in [1.29, 1.82) is 0 Å². The molecule has 1 aromatic carbocycles. The Bertz CT molecular complexity index is 602. The SMILES string of the molecule is C=CC(=O)c1cccc(C(=O)OC(C)O)c1C(=O)OC(C)O. The lowest BCUT2D eigenvalue weighted by molar-refractivity contribution is -0.0561. The van der Waals surface area contributed by atoms with Crippen molar-refractivity contribution in [2.24, 2.45) is 0 Å². The molecule has 0 radical (unpaired) electrons. The summed E-state index contributed by atoms with van der Waals surface area (Å²) in [5.74, 6) is -2.69. The van der Waals surface area contributed by atoms with Gasteiger partial charge in [-0.05, 0) is 26.0 Å². The molecule has 1 rings (SSSR count). The maximum atomic E-state index is 12.1. The molecule has 7 heteroatoms. The zero-order valence-corrected chi connectivity index (χ0v) is 12.1. The van der Waals surface area contributed by atoms with Crippen LogP contribution in [0.1, 0.15) is 44.9 Å². The van der Waals surface area contributed by atoms with Crippen LogP contribution in [0, 0.1) is 0 Å². The van der Waals surface area contributed by atoms with Gasteiger partial charge in [0.2, 0.25) is 0 Å². The van der Waals surface area contributed by atoms with Gasteiger partial charge in [-0.3, -0.25) is 4.79 Å². The Morgan fingerprint density at radius 3 is 2.05 bits per heavy atom. The maximum absolute atomic E-state index is 12.1. The van der Waals surface area contributed by atoms with Crippen LogP contribution in [0.3, 0.4) is 0 Å². The van der Waals surface area contributed by atoms with Crippen LogP contribution in [0.4, 0.5) is 0 Å². The fourth-order valence-electron chi connectivity index (χ4n) is 1.69. The molecular weight excluding hydrogens is 292 g/mol. The van der Waals surface area contributed by atoms with E-state index in [1.165, 1.54) is 32.0 Å². The number of ketones is 1. The van der Waals surface area contributed by atoms with Gasteiger partial charge in [0.25, 0.3) is 0 Å². The lowest BCUT2D eigenvalue weighted by Crippen LogP contribution is -2.22. The Kier molecular flexibility index (Phi) is 5.97. The van der Waals surface area contributed by atoms with E-state index < -0.39 is 30.3 Å². The van der Waals surface area contributed by atoms with Gasteiger partial charge in [-0.15, -0.1) is 0 Å². The standard InChI is InChI=1S/C15H16O7/c1-4-12(18)10-6-5-7-11(14(19)21-8(2)16)13(10)15(20)22-9(3)17/h4-9,16-17H,1H2,2-3H3. The van der Waals surface area contributed by atoms with Crippen LogP contribution in [-0.2, 0) is 9.47 Å². The van der Waals surface area contributed by atoms with Crippen molar-refractivity contribution < 1.29 is 34.1 Å². The molecule has 0 saturated carbocycles. The first-order valence-corrected chi connectivity index (χ1v) is 6.35. The summed E-state index contributed by atoms with van der Waals surface area (Å²) in [7, 11) is 0. The minimum absolute atomic E-state index is 0.124. The molecular formula is C15H16O7. The Balaban J connectivity index is 3.43. The van der Waals surface area contributed by atoms with Gasteiger partial charge in [0.15, 0.2) is 18.4 Å². The monoisotopic (exact) mass is 308 g/mol. The van der Waals surface area contributed by atoms with Crippen molar-refractivity contribution in [3.05, 3.63) is 47.5 Å². The molecule has 0 fully saturated rings. The Morgan fingerprint density at radius 2 is 1.55 bits per heavy atom. The molecule has 2 N–H and O–H groups in total. The molecule has 22 heavy (non-hydrogen) atoms. The highest BCUT2D eigenvalue weighted by molar-refractivity contribution is 6.15. The molecule has 0 bridgehead atoms. The molecule has 118 valence electrons. The third-order valence-electron chi connectivity index (χ3n) is 2.49. The van der Waals surface area contributed by atoms with Crippen molar-refractivity contribution in [2.45, 2.75) is 26.4 Å². The molecule has 0 aliphatic rings. The van der Waals surface area contributed by atoms with Crippen LogP contribution in [0.25, 0.3) is 0 Å². The minimum atomic E-state index is -1.43. The van der Waals surface area contributed by atoms with Crippen LogP contribution in [0.15, 0.2) is 30.9 Å². The molecule has 0 saturated heterocycles. The van der Waals surface area contributed by atoms with Crippen molar-refractivity contribution in [3.63, 3.8) is 0 Å². The van der Waals surface area contributed by atoms with Crippen molar-refractivity contribution in [2.75, 3.05) is 0 Å². The Labute approximate surface area is 126 Å². The number of benzene rings is 1. The molecule has 0 aromatic heterocycles. The van der Waals surface area contributed by atoms with Crippen molar-refractivity contribution >= 4 is 17.7 Å². The number of aliphatic hydroxyl groups is 2. The summed E-state index contributed by atoms with van der Waals surface area (Å²) in [5, 5.41) is 18.2. The van der Waals surface area contributed by atoms with Gasteiger partial charge >= 0.3 is 11.9 Å². The average molecular weight is 308 g/mol. The van der Waals surface area contributed by atoms with Gasteiger partial charge < -0.3 is 19.7 Å². The van der Waals surface area contributed by atoms with Gasteiger partial charge in [0.05, 0.1) is 11.1 Å². The van der Waals surface area contributed by atoms with Gasteiger partial charge in [-0.2, -0.15) is 0 Å². The zero-order chi connectivity index (χ0) is 16.9. The number of rotatable bonds is 6. The lowest BCUT2D eigenvalue weighted by atomic mass is 9.98. The fraction of sp³-hybridized carbons (Fsp3) is 0.267. The summed E-state index contributed by atoms with van der Waals surface area (Å²) in [4.78, 5) is 35.8. The molecule has 0 aliphatic carbocycles. The summed E-state index contributed by atoms with van der Waals surface area (Å²) in [6, 6.07) is 3.92. The first-order valence-electron chi connectivity index (χ1n) is 6.35. The quantitative estimate of drug-likeness (QED) is 0.350. The van der Waals surface area contributed by atoms with Crippen molar-refractivity contribution in [3.8, 4) is 0 Å². The molecule has 0 heterocycles. The summed E-state index contributed by atoms with van der Waals surface area (Å²) >= 11 is 0. The molecule has 0 spiro atoms. The van der Waals surface area contributed by atoms with E-state index in [2.05, 4.69) is 16.1 Å². The van der Waals surface area contributed by atoms with Crippen molar-refractivity contribution in [1.82, 2.24) is 0 Å². The predicted molar refractivity (Wildman–Crippen MR) is 75.2 cm³/mol. The third kappa shape index (κ3) is 4.24. The van der Waals surface area contributed by atoms with E-state index in [0.717, 1.165) is 6.08 Å². The van der Waals surface area contributed by atoms with E-state index >= 15 is 0 Å². The van der Waals surface area contributed by atoms with E-state index in [9.17, 15) is 14.4 Å². The van der Waals surface area contributed by atoms with E-state index in [1.54, 1.807) is 0 Å². The smallest absolute Gasteiger partial charge is 0.342 e. The van der Waals surface area contributed by atoms with Gasteiger partial charge in [0.1, 0.15) is 0 Å². The first kappa shape index (κ1) is 17.5. The topological polar surface area (TPSA) is 110 Å². The summed E-state index contributed by atoms with van der Waals surface area (Å²) in [6.45, 7) is 5.72. The second kappa shape index (κ2) is 7.48. The van der Waals surface area contributed by atoms with Crippen LogP contribution < -0.4 is 0 Å². The third-order valence-corrected chi connectivity index (χ3v) is 2.49. The summed E-state index contributed by atoms with van der Waals surface area (Å²) in [6.07, 6.45) is -1.86. The summed E-state index contributed by atoms with van der Waals surface area (Å²) in [5.41, 5.74) is -0.751. The Morgan fingerprint density at radius 1 is 1.05 bits per heavy atom. The van der Waals surface area contributed by atoms with E-state index in [-0.39, 0.29) is 16.7 Å². The first-order chi connectivity index (χ1) is 10.3. The second-order valence-corrected chi connectivity index (χ2v) is 4.31. The fourth-order valence-corrected chi connectivity index (χ4v) is 1.69. The molecule has 1 aromatic rings. The zero-order valence-electron chi connectivity index (χ0n) is 12.1. The molecule has 7 nitrogen and oxygen atoms in total. The molecule has 0 aliphatic heterocycles. The summed E-state index contributed by atoms with van der Waals surface area (Å²) < 4.78 is 9.24. The maximum Gasteiger partial charge on any atom is 0.342 e. The lowest BCUT2D eigenvalue weighted by Gasteiger charge is -2.14. The minimum Gasteiger partial charge on any atom is -0.433 e. The van der Waals surface area contributed by atoms with Gasteiger partial charge in [-0.1, -0.05) is 18.7 Å². The Hall–Kier alpha value is -2.51. The van der Waals surface area contributed by atoms with E-state index in [4.69, 9.17) is 10.2 Å². The number of allylic oxidation sites excluding steroid dienone is 1. The number of esters is 2. The van der Waals surface area contributed by atoms with Gasteiger partial charge in [-0.25, -0.2) is 9.59 Å². The normalized spacial score (nSPS) is 12.9. The molecule has 2 atom stereocenters. The van der Waals surface area contributed by atoms with Crippen LogP contribution >= 0.6 is 0 Å². The number of carbonyl (C=O) groups excluding carboxylic acids is 3. The predicted octanol–water partition coefficient (Wildman–Crippen LogP) is 1.05. The number of carbonyl (C=O) groups is 3. The van der Waals surface area contributed by atoms with Crippen LogP contribution in [0.5, 0.6) is 0 Å². The van der Waals surface area contributed by atoms with E-state index in [1.807, 2.05) is 0 Å². The highest BCUT2D eigenvalue weighted by Crippen LogP contribution is 2.19. The van der Waals surface area contributed by atoms with E-state index in [0.29, 0.717) is 0 Å². The highest BCUT2D eigenvalue weighted by Gasteiger charge is 2.26.